The molecule has 1 aromatic rings. The van der Waals surface area contributed by atoms with Crippen LogP contribution in [0.4, 0.5) is 5.69 Å². The van der Waals surface area contributed by atoms with Crippen molar-refractivity contribution in [2.24, 2.45) is 5.41 Å². The molecule has 0 bridgehead atoms. The molecule has 2 aliphatic rings. The summed E-state index contributed by atoms with van der Waals surface area (Å²) in [6.45, 7) is 2.22. The standard InChI is InChI=1S/C14H19NO2S/c16-13(17)12-8-11(9-18-12)15-7-6-14(10-15)4-2-1-3-5-14/h8-9H,1-7,10H2,(H,16,17). The molecule has 1 aliphatic carbocycles. The van der Waals surface area contributed by atoms with Gasteiger partial charge in [0.2, 0.25) is 0 Å². The third-order valence-electron chi connectivity index (χ3n) is 4.51. The Morgan fingerprint density at radius 2 is 2.06 bits per heavy atom. The predicted molar refractivity (Wildman–Crippen MR) is 73.6 cm³/mol. The Morgan fingerprint density at radius 1 is 1.28 bits per heavy atom. The van der Waals surface area contributed by atoms with Crippen molar-refractivity contribution in [3.05, 3.63) is 16.3 Å². The van der Waals surface area contributed by atoms with Crippen molar-refractivity contribution >= 4 is 23.0 Å². The summed E-state index contributed by atoms with van der Waals surface area (Å²) in [5.74, 6) is -0.808. The van der Waals surface area contributed by atoms with Gasteiger partial charge in [-0.2, -0.15) is 0 Å². The van der Waals surface area contributed by atoms with Gasteiger partial charge in [0.25, 0.3) is 0 Å². The minimum absolute atomic E-state index is 0.453. The summed E-state index contributed by atoms with van der Waals surface area (Å²) in [7, 11) is 0. The first-order chi connectivity index (χ1) is 8.69. The van der Waals surface area contributed by atoms with Crippen LogP contribution in [0.5, 0.6) is 0 Å². The minimum Gasteiger partial charge on any atom is -0.477 e. The Hall–Kier alpha value is -1.03. The van der Waals surface area contributed by atoms with E-state index in [1.165, 1.54) is 49.9 Å². The van der Waals surface area contributed by atoms with E-state index < -0.39 is 5.97 Å². The first-order valence-electron chi connectivity index (χ1n) is 6.75. The Labute approximate surface area is 111 Å². The van der Waals surface area contributed by atoms with Crippen LogP contribution in [-0.2, 0) is 0 Å². The van der Waals surface area contributed by atoms with Gasteiger partial charge in [-0.15, -0.1) is 11.3 Å². The molecule has 1 spiro atoms. The van der Waals surface area contributed by atoms with Crippen molar-refractivity contribution in [3.63, 3.8) is 0 Å². The van der Waals surface area contributed by atoms with E-state index >= 15 is 0 Å². The zero-order valence-electron chi connectivity index (χ0n) is 10.5. The van der Waals surface area contributed by atoms with E-state index in [1.54, 1.807) is 0 Å². The smallest absolute Gasteiger partial charge is 0.345 e. The minimum atomic E-state index is -0.808. The summed E-state index contributed by atoms with van der Waals surface area (Å²) >= 11 is 1.34. The van der Waals surface area contributed by atoms with Crippen molar-refractivity contribution < 1.29 is 9.90 Å². The third-order valence-corrected chi connectivity index (χ3v) is 5.42. The number of nitrogens with zero attached hydrogens (tertiary/aromatic N) is 1. The second-order valence-corrected chi connectivity index (χ2v) is 6.62. The van der Waals surface area contributed by atoms with Gasteiger partial charge in [-0.25, -0.2) is 4.79 Å². The molecule has 0 atom stereocenters. The number of carbonyl (C=O) groups is 1. The lowest BCUT2D eigenvalue weighted by molar-refractivity contribution is 0.0702. The molecule has 18 heavy (non-hydrogen) atoms. The van der Waals surface area contributed by atoms with Crippen LogP contribution in [0.2, 0.25) is 0 Å². The zero-order valence-corrected chi connectivity index (χ0v) is 11.3. The second kappa shape index (κ2) is 4.57. The van der Waals surface area contributed by atoms with Gasteiger partial charge in [0.1, 0.15) is 4.88 Å². The largest absolute Gasteiger partial charge is 0.477 e. The molecule has 1 aromatic heterocycles. The summed E-state index contributed by atoms with van der Waals surface area (Å²) < 4.78 is 0. The number of carboxylic acids is 1. The Bertz CT molecular complexity index is 448. The second-order valence-electron chi connectivity index (χ2n) is 5.71. The molecule has 98 valence electrons. The Balaban J connectivity index is 1.72. The van der Waals surface area contributed by atoms with Gasteiger partial charge in [0.15, 0.2) is 0 Å². The van der Waals surface area contributed by atoms with Crippen LogP contribution in [0.25, 0.3) is 0 Å². The average Bonchev–Trinajstić information content (AvgIpc) is 2.97. The van der Waals surface area contributed by atoms with E-state index in [-0.39, 0.29) is 0 Å². The molecule has 2 fully saturated rings. The van der Waals surface area contributed by atoms with Crippen LogP contribution in [0.3, 0.4) is 0 Å². The van der Waals surface area contributed by atoms with Gasteiger partial charge >= 0.3 is 5.97 Å². The monoisotopic (exact) mass is 265 g/mol. The van der Waals surface area contributed by atoms with E-state index in [1.807, 2.05) is 11.4 Å². The summed E-state index contributed by atoms with van der Waals surface area (Å²) in [4.78, 5) is 13.8. The van der Waals surface area contributed by atoms with Gasteiger partial charge in [-0.1, -0.05) is 19.3 Å². The van der Waals surface area contributed by atoms with Gasteiger partial charge < -0.3 is 10.0 Å². The zero-order chi connectivity index (χ0) is 12.6. The fraction of sp³-hybridized carbons (Fsp3) is 0.643. The maximum absolute atomic E-state index is 10.9. The summed E-state index contributed by atoms with van der Waals surface area (Å²) in [5.41, 5.74) is 1.64. The van der Waals surface area contributed by atoms with Crippen molar-refractivity contribution in [1.29, 1.82) is 0 Å². The maximum atomic E-state index is 10.9. The molecule has 1 N–H and O–H groups in total. The average molecular weight is 265 g/mol. The molecule has 1 saturated heterocycles. The SMILES string of the molecule is O=C(O)c1cc(N2CCC3(CCCCC3)C2)cs1. The number of thiophene rings is 1. The molecule has 1 saturated carbocycles. The van der Waals surface area contributed by atoms with Crippen LogP contribution in [0.15, 0.2) is 11.4 Å². The highest BCUT2D eigenvalue weighted by molar-refractivity contribution is 7.12. The van der Waals surface area contributed by atoms with Crippen LogP contribution in [0.1, 0.15) is 48.2 Å². The summed E-state index contributed by atoms with van der Waals surface area (Å²) in [6.07, 6.45) is 8.14. The number of rotatable bonds is 2. The number of hydrogen-bond donors (Lipinski definition) is 1. The lowest BCUT2D eigenvalue weighted by Gasteiger charge is -2.33. The van der Waals surface area contributed by atoms with Crippen molar-refractivity contribution in [2.75, 3.05) is 18.0 Å². The molecular formula is C14H19NO2S. The van der Waals surface area contributed by atoms with Gasteiger partial charge in [-0.05, 0) is 30.7 Å². The van der Waals surface area contributed by atoms with E-state index in [0.717, 1.165) is 18.8 Å². The molecule has 0 amide bonds. The molecule has 0 unspecified atom stereocenters. The number of aromatic carboxylic acids is 1. The van der Waals surface area contributed by atoms with E-state index in [2.05, 4.69) is 4.90 Å². The third kappa shape index (κ3) is 2.14. The fourth-order valence-corrected chi connectivity index (χ4v) is 4.22. The lowest BCUT2D eigenvalue weighted by atomic mass is 9.73. The quantitative estimate of drug-likeness (QED) is 0.888. The van der Waals surface area contributed by atoms with Crippen LogP contribution >= 0.6 is 11.3 Å². The summed E-state index contributed by atoms with van der Waals surface area (Å²) in [5, 5.41) is 11.0. The highest BCUT2D eigenvalue weighted by atomic mass is 32.1. The maximum Gasteiger partial charge on any atom is 0.345 e. The molecule has 3 rings (SSSR count). The van der Waals surface area contributed by atoms with Gasteiger partial charge in [0, 0.05) is 24.2 Å². The van der Waals surface area contributed by atoms with Crippen LogP contribution in [-0.4, -0.2) is 24.2 Å². The summed E-state index contributed by atoms with van der Waals surface area (Å²) in [6, 6.07) is 1.83. The van der Waals surface area contributed by atoms with E-state index in [4.69, 9.17) is 5.11 Å². The molecule has 0 aromatic carbocycles. The van der Waals surface area contributed by atoms with E-state index in [0.29, 0.717) is 10.3 Å². The highest BCUT2D eigenvalue weighted by Crippen LogP contribution is 2.45. The fourth-order valence-electron chi connectivity index (χ4n) is 3.47. The van der Waals surface area contributed by atoms with E-state index in [9.17, 15) is 4.79 Å². The Morgan fingerprint density at radius 3 is 2.72 bits per heavy atom. The van der Waals surface area contributed by atoms with Gasteiger partial charge in [0.05, 0.1) is 0 Å². The molecule has 4 heteroatoms. The molecule has 2 heterocycles. The normalized spacial score (nSPS) is 22.6. The first-order valence-corrected chi connectivity index (χ1v) is 7.63. The number of anilines is 1. The van der Waals surface area contributed by atoms with Crippen LogP contribution < -0.4 is 4.90 Å². The molecule has 3 nitrogen and oxygen atoms in total. The number of hydrogen-bond acceptors (Lipinski definition) is 3. The molecule has 1 aliphatic heterocycles. The molecular weight excluding hydrogens is 246 g/mol. The van der Waals surface area contributed by atoms with Crippen molar-refractivity contribution in [3.8, 4) is 0 Å². The van der Waals surface area contributed by atoms with Crippen molar-refractivity contribution in [2.45, 2.75) is 38.5 Å². The topological polar surface area (TPSA) is 40.5 Å². The Kier molecular flexibility index (Phi) is 3.06. The van der Waals surface area contributed by atoms with Crippen molar-refractivity contribution in [1.82, 2.24) is 0 Å². The van der Waals surface area contributed by atoms with Gasteiger partial charge in [-0.3, -0.25) is 0 Å². The lowest BCUT2D eigenvalue weighted by Crippen LogP contribution is -2.28. The molecule has 0 radical (unpaired) electrons. The van der Waals surface area contributed by atoms with Crippen LogP contribution in [0, 0.1) is 5.41 Å². The number of carboxylic acid groups (broad SMARTS) is 1. The predicted octanol–water partition coefficient (Wildman–Crippen LogP) is 3.61. The highest BCUT2D eigenvalue weighted by Gasteiger charge is 2.39. The first kappa shape index (κ1) is 12.0.